The number of aliphatic hydroxyl groups excluding tert-OH is 1. The minimum atomic E-state index is -0.601. The molecule has 6 heteroatoms. The predicted molar refractivity (Wildman–Crippen MR) is 84.3 cm³/mol. The Labute approximate surface area is 136 Å². The average Bonchev–Trinajstić information content (AvgIpc) is 3.03. The van der Waals surface area contributed by atoms with Gasteiger partial charge in [-0.1, -0.05) is 23.7 Å². The summed E-state index contributed by atoms with van der Waals surface area (Å²) in [5.41, 5.74) is 0.668. The number of benzene rings is 2. The maximum Gasteiger partial charge on any atom is 0.198 e. The van der Waals surface area contributed by atoms with Gasteiger partial charge in [0.05, 0.1) is 11.3 Å². The van der Waals surface area contributed by atoms with Gasteiger partial charge in [-0.15, -0.1) is 0 Å². The van der Waals surface area contributed by atoms with E-state index < -0.39 is 11.6 Å². The van der Waals surface area contributed by atoms with E-state index in [2.05, 4.69) is 4.98 Å². The standard InChI is InChI=1S/C17H12ClFN2O2/c18-11-5-6-15(21-8-7-20-16(21)10-22)13(9-11)17(23)12-3-1-2-4-14(12)19/h1-9,22H,10H2. The van der Waals surface area contributed by atoms with Gasteiger partial charge in [0.1, 0.15) is 18.2 Å². The van der Waals surface area contributed by atoms with Gasteiger partial charge in [-0.25, -0.2) is 9.37 Å². The van der Waals surface area contributed by atoms with Crippen molar-refractivity contribution in [2.75, 3.05) is 0 Å². The van der Waals surface area contributed by atoms with Crippen molar-refractivity contribution < 1.29 is 14.3 Å². The normalized spacial score (nSPS) is 10.7. The molecule has 3 aromatic rings. The first-order valence-corrected chi connectivity index (χ1v) is 7.22. The maximum absolute atomic E-state index is 13.9. The Bertz CT molecular complexity index is 877. The van der Waals surface area contributed by atoms with Crippen molar-refractivity contribution in [2.45, 2.75) is 6.61 Å². The second kappa shape index (κ2) is 6.32. The zero-order valence-electron chi connectivity index (χ0n) is 11.9. The first-order chi connectivity index (χ1) is 11.1. The molecule has 3 rings (SSSR count). The summed E-state index contributed by atoms with van der Waals surface area (Å²) < 4.78 is 15.5. The van der Waals surface area contributed by atoms with E-state index in [1.54, 1.807) is 29.0 Å². The Morgan fingerprint density at radius 1 is 1.22 bits per heavy atom. The van der Waals surface area contributed by atoms with Gasteiger partial charge in [0.15, 0.2) is 5.78 Å². The van der Waals surface area contributed by atoms with Crippen LogP contribution >= 0.6 is 11.6 Å². The quantitative estimate of drug-likeness (QED) is 0.746. The summed E-state index contributed by atoms with van der Waals surface area (Å²) in [6.07, 6.45) is 3.13. The molecule has 0 saturated heterocycles. The van der Waals surface area contributed by atoms with Crippen LogP contribution in [0.5, 0.6) is 0 Å². The van der Waals surface area contributed by atoms with Gasteiger partial charge in [0.2, 0.25) is 0 Å². The maximum atomic E-state index is 13.9. The molecule has 0 unspecified atom stereocenters. The fourth-order valence-electron chi connectivity index (χ4n) is 2.36. The van der Waals surface area contributed by atoms with Crippen LogP contribution in [0, 0.1) is 5.82 Å². The van der Waals surface area contributed by atoms with Crippen LogP contribution in [0.3, 0.4) is 0 Å². The second-order valence-electron chi connectivity index (χ2n) is 4.84. The molecule has 0 aliphatic carbocycles. The number of hydrogen-bond donors (Lipinski definition) is 1. The van der Waals surface area contributed by atoms with Crippen LogP contribution in [0.25, 0.3) is 5.69 Å². The number of imidazole rings is 1. The summed E-state index contributed by atoms with van der Waals surface area (Å²) in [6, 6.07) is 10.5. The van der Waals surface area contributed by atoms with E-state index in [0.29, 0.717) is 16.5 Å². The summed E-state index contributed by atoms with van der Waals surface area (Å²) in [4.78, 5) is 16.8. The Balaban J connectivity index is 2.18. The summed E-state index contributed by atoms with van der Waals surface area (Å²) >= 11 is 6.00. The number of carbonyl (C=O) groups is 1. The Kier molecular flexibility index (Phi) is 4.23. The summed E-state index contributed by atoms with van der Waals surface area (Å²) in [5, 5.41) is 9.72. The number of aromatic nitrogens is 2. The highest BCUT2D eigenvalue weighted by molar-refractivity contribution is 6.31. The third kappa shape index (κ3) is 2.88. The molecule has 1 aromatic heterocycles. The fraction of sp³-hybridized carbons (Fsp3) is 0.0588. The molecule has 0 atom stereocenters. The van der Waals surface area contributed by atoms with Crippen molar-refractivity contribution in [2.24, 2.45) is 0 Å². The van der Waals surface area contributed by atoms with Gasteiger partial charge < -0.3 is 9.67 Å². The van der Waals surface area contributed by atoms with E-state index in [0.717, 1.165) is 0 Å². The van der Waals surface area contributed by atoms with Crippen LogP contribution in [0.1, 0.15) is 21.7 Å². The molecule has 2 aromatic carbocycles. The lowest BCUT2D eigenvalue weighted by Gasteiger charge is -2.12. The minimum absolute atomic E-state index is 0.0401. The van der Waals surface area contributed by atoms with E-state index in [-0.39, 0.29) is 17.7 Å². The number of carbonyl (C=O) groups excluding carboxylic acids is 1. The van der Waals surface area contributed by atoms with E-state index in [9.17, 15) is 14.3 Å². The second-order valence-corrected chi connectivity index (χ2v) is 5.28. The molecule has 0 fully saturated rings. The molecule has 4 nitrogen and oxygen atoms in total. The van der Waals surface area contributed by atoms with E-state index in [4.69, 9.17) is 11.6 Å². The molecule has 0 aliphatic heterocycles. The average molecular weight is 331 g/mol. The minimum Gasteiger partial charge on any atom is -0.388 e. The molecule has 0 aliphatic rings. The van der Waals surface area contributed by atoms with Gasteiger partial charge in [-0.05, 0) is 30.3 Å². The van der Waals surface area contributed by atoms with Crippen LogP contribution in [0.4, 0.5) is 4.39 Å². The van der Waals surface area contributed by atoms with Crippen molar-refractivity contribution in [3.63, 3.8) is 0 Å². The van der Waals surface area contributed by atoms with Crippen LogP contribution in [-0.2, 0) is 6.61 Å². The number of halogens is 2. The molecule has 0 radical (unpaired) electrons. The first kappa shape index (κ1) is 15.4. The molecule has 1 heterocycles. The smallest absolute Gasteiger partial charge is 0.198 e. The lowest BCUT2D eigenvalue weighted by Crippen LogP contribution is -2.10. The third-order valence-corrected chi connectivity index (χ3v) is 3.68. The van der Waals surface area contributed by atoms with Gasteiger partial charge >= 0.3 is 0 Å². The predicted octanol–water partition coefficient (Wildman–Crippen LogP) is 3.39. The molecule has 0 spiro atoms. The number of hydrogen-bond acceptors (Lipinski definition) is 3. The van der Waals surface area contributed by atoms with Gasteiger partial charge in [0.25, 0.3) is 0 Å². The van der Waals surface area contributed by atoms with Crippen LogP contribution in [-0.4, -0.2) is 20.4 Å². The van der Waals surface area contributed by atoms with Crippen molar-refractivity contribution in [1.82, 2.24) is 9.55 Å². The lowest BCUT2D eigenvalue weighted by atomic mass is 10.0. The van der Waals surface area contributed by atoms with Crippen molar-refractivity contribution >= 4 is 17.4 Å². The van der Waals surface area contributed by atoms with Crippen LogP contribution in [0.2, 0.25) is 5.02 Å². The lowest BCUT2D eigenvalue weighted by molar-refractivity contribution is 0.103. The Hall–Kier alpha value is -2.50. The summed E-state index contributed by atoms with van der Waals surface area (Å²) in [5.74, 6) is -0.718. The fourth-order valence-corrected chi connectivity index (χ4v) is 2.53. The topological polar surface area (TPSA) is 55.1 Å². The van der Waals surface area contributed by atoms with Gasteiger partial charge in [-0.3, -0.25) is 4.79 Å². The molecule has 0 bridgehead atoms. The highest BCUT2D eigenvalue weighted by Crippen LogP contribution is 2.24. The third-order valence-electron chi connectivity index (χ3n) is 3.44. The molecule has 23 heavy (non-hydrogen) atoms. The highest BCUT2D eigenvalue weighted by atomic mass is 35.5. The number of nitrogens with zero attached hydrogens (tertiary/aromatic N) is 2. The van der Waals surface area contributed by atoms with E-state index in [1.807, 2.05) is 0 Å². The molecule has 116 valence electrons. The van der Waals surface area contributed by atoms with E-state index >= 15 is 0 Å². The molecular formula is C17H12ClFN2O2. The molecule has 0 amide bonds. The SMILES string of the molecule is O=C(c1ccccc1F)c1cc(Cl)ccc1-n1ccnc1CO. The number of ketones is 1. The van der Waals surface area contributed by atoms with Crippen LogP contribution < -0.4 is 0 Å². The zero-order valence-corrected chi connectivity index (χ0v) is 12.7. The monoisotopic (exact) mass is 330 g/mol. The molecule has 1 N–H and O–H groups in total. The molecular weight excluding hydrogens is 319 g/mol. The van der Waals surface area contributed by atoms with Gasteiger partial charge in [-0.2, -0.15) is 0 Å². The van der Waals surface area contributed by atoms with Crippen LogP contribution in [0.15, 0.2) is 54.9 Å². The summed E-state index contributed by atoms with van der Waals surface area (Å²) in [7, 11) is 0. The van der Waals surface area contributed by atoms with Crippen molar-refractivity contribution in [3.05, 3.63) is 82.6 Å². The Morgan fingerprint density at radius 2 is 2.00 bits per heavy atom. The summed E-state index contributed by atoms with van der Waals surface area (Å²) in [6.45, 7) is -0.289. The zero-order chi connectivity index (χ0) is 16.4. The number of rotatable bonds is 4. The number of aliphatic hydroxyl groups is 1. The van der Waals surface area contributed by atoms with Gasteiger partial charge in [0, 0.05) is 23.0 Å². The largest absolute Gasteiger partial charge is 0.388 e. The van der Waals surface area contributed by atoms with Crippen molar-refractivity contribution in [1.29, 1.82) is 0 Å². The van der Waals surface area contributed by atoms with E-state index in [1.165, 1.54) is 30.5 Å². The highest BCUT2D eigenvalue weighted by Gasteiger charge is 2.19. The first-order valence-electron chi connectivity index (χ1n) is 6.84. The molecule has 0 saturated carbocycles. The Morgan fingerprint density at radius 3 is 2.74 bits per heavy atom. The van der Waals surface area contributed by atoms with Crippen molar-refractivity contribution in [3.8, 4) is 5.69 Å².